The molecule has 0 radical (unpaired) electrons. The van der Waals surface area contributed by atoms with Gasteiger partial charge in [-0.15, -0.1) is 0 Å². The van der Waals surface area contributed by atoms with Crippen molar-refractivity contribution in [3.05, 3.63) is 30.1 Å². The first kappa shape index (κ1) is 16.7. The van der Waals surface area contributed by atoms with Gasteiger partial charge in [-0.25, -0.2) is 4.79 Å². The number of pyridine rings is 1. The second-order valence-electron chi connectivity index (χ2n) is 6.78. The normalized spacial score (nSPS) is 22.1. The van der Waals surface area contributed by atoms with Crippen molar-refractivity contribution < 1.29 is 9.90 Å². The maximum absolute atomic E-state index is 12.1. The van der Waals surface area contributed by atoms with Crippen molar-refractivity contribution in [1.82, 2.24) is 15.6 Å². The highest BCUT2D eigenvalue weighted by atomic mass is 16.3. The van der Waals surface area contributed by atoms with Crippen molar-refractivity contribution in [2.75, 3.05) is 13.2 Å². The van der Waals surface area contributed by atoms with E-state index in [-0.39, 0.29) is 30.0 Å². The van der Waals surface area contributed by atoms with Gasteiger partial charge in [0, 0.05) is 42.9 Å². The quantitative estimate of drug-likeness (QED) is 0.781. The molecule has 2 amide bonds. The first-order valence-electron chi connectivity index (χ1n) is 8.08. The number of urea groups is 1. The zero-order valence-electron chi connectivity index (χ0n) is 13.5. The van der Waals surface area contributed by atoms with Crippen molar-refractivity contribution >= 4 is 6.03 Å². The van der Waals surface area contributed by atoms with Gasteiger partial charge < -0.3 is 15.7 Å². The Morgan fingerprint density at radius 1 is 1.32 bits per heavy atom. The van der Waals surface area contributed by atoms with Crippen LogP contribution in [0.5, 0.6) is 0 Å². The lowest BCUT2D eigenvalue weighted by Gasteiger charge is -2.31. The number of hydrogen-bond acceptors (Lipinski definition) is 3. The molecule has 1 aromatic heterocycles. The molecule has 2 rings (SSSR count). The van der Waals surface area contributed by atoms with Gasteiger partial charge in [-0.1, -0.05) is 26.7 Å². The average molecular weight is 305 g/mol. The van der Waals surface area contributed by atoms with Gasteiger partial charge in [0.1, 0.15) is 0 Å². The molecular weight excluding hydrogens is 278 g/mol. The fourth-order valence-electron chi connectivity index (χ4n) is 3.04. The zero-order chi connectivity index (χ0) is 16.0. The summed E-state index contributed by atoms with van der Waals surface area (Å²) >= 11 is 0. The Balaban J connectivity index is 1.84. The molecule has 0 bridgehead atoms. The van der Waals surface area contributed by atoms with Crippen LogP contribution >= 0.6 is 0 Å². The average Bonchev–Trinajstić information content (AvgIpc) is 2.54. The minimum atomic E-state index is -0.150. The van der Waals surface area contributed by atoms with E-state index in [2.05, 4.69) is 29.5 Å². The van der Waals surface area contributed by atoms with Crippen LogP contribution in [-0.2, 0) is 5.41 Å². The monoisotopic (exact) mass is 305 g/mol. The van der Waals surface area contributed by atoms with Crippen molar-refractivity contribution in [3.63, 3.8) is 0 Å². The standard InChI is InChI=1S/C17H27N3O2/c1-17(2,14-7-9-18-10-8-14)12-19-16(22)20-15-6-4-3-5-13(15)11-21/h7-10,13,15,21H,3-6,11-12H2,1-2H3,(H2,19,20,22). The molecule has 1 saturated carbocycles. The Morgan fingerprint density at radius 2 is 2.00 bits per heavy atom. The van der Waals surface area contributed by atoms with Crippen LogP contribution < -0.4 is 10.6 Å². The Labute approximate surface area is 132 Å². The van der Waals surface area contributed by atoms with Crippen LogP contribution in [0.25, 0.3) is 0 Å². The van der Waals surface area contributed by atoms with Gasteiger partial charge in [0.05, 0.1) is 0 Å². The van der Waals surface area contributed by atoms with Crippen molar-refractivity contribution in [2.45, 2.75) is 51.0 Å². The molecule has 5 nitrogen and oxygen atoms in total. The minimum Gasteiger partial charge on any atom is -0.396 e. The molecule has 3 N–H and O–H groups in total. The summed E-state index contributed by atoms with van der Waals surface area (Å²) in [5, 5.41) is 15.4. The SMILES string of the molecule is CC(C)(CNC(=O)NC1CCCCC1CO)c1ccncc1. The highest BCUT2D eigenvalue weighted by Gasteiger charge is 2.27. The molecule has 0 aromatic carbocycles. The van der Waals surface area contributed by atoms with E-state index in [1.54, 1.807) is 12.4 Å². The summed E-state index contributed by atoms with van der Waals surface area (Å²) in [5.74, 6) is 0.188. The number of rotatable bonds is 5. The lowest BCUT2D eigenvalue weighted by Crippen LogP contribution is -2.49. The van der Waals surface area contributed by atoms with Crippen molar-refractivity contribution in [1.29, 1.82) is 0 Å². The highest BCUT2D eigenvalue weighted by Crippen LogP contribution is 2.24. The van der Waals surface area contributed by atoms with E-state index in [0.29, 0.717) is 6.54 Å². The predicted molar refractivity (Wildman–Crippen MR) is 86.6 cm³/mol. The molecule has 1 heterocycles. The summed E-state index contributed by atoms with van der Waals surface area (Å²) in [6.45, 7) is 4.90. The maximum Gasteiger partial charge on any atom is 0.315 e. The first-order chi connectivity index (χ1) is 10.5. The van der Waals surface area contributed by atoms with Crippen LogP contribution in [0.1, 0.15) is 45.1 Å². The molecule has 0 saturated heterocycles. The van der Waals surface area contributed by atoms with Gasteiger partial charge in [0.15, 0.2) is 0 Å². The number of hydrogen-bond donors (Lipinski definition) is 3. The number of aliphatic hydroxyl groups is 1. The van der Waals surface area contributed by atoms with Crippen molar-refractivity contribution in [2.24, 2.45) is 5.92 Å². The van der Waals surface area contributed by atoms with E-state index >= 15 is 0 Å². The van der Waals surface area contributed by atoms with Crippen LogP contribution in [0, 0.1) is 5.92 Å². The lowest BCUT2D eigenvalue weighted by molar-refractivity contribution is 0.153. The van der Waals surface area contributed by atoms with Crippen LogP contribution in [-0.4, -0.2) is 35.3 Å². The van der Waals surface area contributed by atoms with E-state index in [9.17, 15) is 9.90 Å². The fraction of sp³-hybridized carbons (Fsp3) is 0.647. The third-order valence-electron chi connectivity index (χ3n) is 4.61. The highest BCUT2D eigenvalue weighted by molar-refractivity contribution is 5.74. The van der Waals surface area contributed by atoms with Crippen LogP contribution in [0.15, 0.2) is 24.5 Å². The van der Waals surface area contributed by atoms with E-state index < -0.39 is 0 Å². The predicted octanol–water partition coefficient (Wildman–Crippen LogP) is 2.21. The van der Waals surface area contributed by atoms with Gasteiger partial charge in [-0.05, 0) is 30.5 Å². The molecule has 2 atom stereocenters. The first-order valence-corrected chi connectivity index (χ1v) is 8.08. The molecule has 0 spiro atoms. The molecule has 1 aliphatic rings. The van der Waals surface area contributed by atoms with Gasteiger partial charge in [0.2, 0.25) is 0 Å². The summed E-state index contributed by atoms with van der Waals surface area (Å²) < 4.78 is 0. The van der Waals surface area contributed by atoms with Gasteiger partial charge in [0.25, 0.3) is 0 Å². The largest absolute Gasteiger partial charge is 0.396 e. The van der Waals surface area contributed by atoms with Gasteiger partial charge in [-0.2, -0.15) is 0 Å². The summed E-state index contributed by atoms with van der Waals surface area (Å²) in [4.78, 5) is 16.2. The third kappa shape index (κ3) is 4.44. The number of carbonyl (C=O) groups is 1. The number of nitrogens with zero attached hydrogens (tertiary/aromatic N) is 1. The van der Waals surface area contributed by atoms with Crippen LogP contribution in [0.4, 0.5) is 4.79 Å². The summed E-state index contributed by atoms with van der Waals surface area (Å²) in [6, 6.07) is 3.89. The zero-order valence-corrected chi connectivity index (χ0v) is 13.5. The van der Waals surface area contributed by atoms with E-state index in [4.69, 9.17) is 0 Å². The molecule has 22 heavy (non-hydrogen) atoms. The lowest BCUT2D eigenvalue weighted by atomic mass is 9.85. The molecule has 122 valence electrons. The van der Waals surface area contributed by atoms with Gasteiger partial charge in [-0.3, -0.25) is 4.98 Å². The van der Waals surface area contributed by atoms with E-state index in [1.165, 1.54) is 0 Å². The van der Waals surface area contributed by atoms with Crippen LogP contribution in [0.3, 0.4) is 0 Å². The van der Waals surface area contributed by atoms with E-state index in [1.807, 2.05) is 12.1 Å². The number of carbonyl (C=O) groups excluding carboxylic acids is 1. The fourth-order valence-corrected chi connectivity index (χ4v) is 3.04. The summed E-state index contributed by atoms with van der Waals surface area (Å²) in [5.41, 5.74) is 0.997. The second-order valence-corrected chi connectivity index (χ2v) is 6.78. The molecule has 1 aromatic rings. The Hall–Kier alpha value is -1.62. The topological polar surface area (TPSA) is 74.2 Å². The molecule has 2 unspecified atom stereocenters. The minimum absolute atomic E-state index is 0.0859. The maximum atomic E-state index is 12.1. The Morgan fingerprint density at radius 3 is 2.68 bits per heavy atom. The van der Waals surface area contributed by atoms with Gasteiger partial charge >= 0.3 is 6.03 Å². The van der Waals surface area contributed by atoms with E-state index in [0.717, 1.165) is 31.2 Å². The second kappa shape index (κ2) is 7.58. The van der Waals surface area contributed by atoms with Crippen molar-refractivity contribution in [3.8, 4) is 0 Å². The number of amides is 2. The number of aromatic nitrogens is 1. The molecule has 1 fully saturated rings. The summed E-state index contributed by atoms with van der Waals surface area (Å²) in [6.07, 6.45) is 7.73. The smallest absolute Gasteiger partial charge is 0.315 e. The Kier molecular flexibility index (Phi) is 5.77. The third-order valence-corrected chi connectivity index (χ3v) is 4.61. The molecule has 0 aliphatic heterocycles. The number of aliphatic hydroxyl groups excluding tert-OH is 1. The molecule has 5 heteroatoms. The van der Waals surface area contributed by atoms with Crippen LogP contribution in [0.2, 0.25) is 0 Å². The molecule has 1 aliphatic carbocycles. The Bertz CT molecular complexity index is 476. The molecular formula is C17H27N3O2. The summed E-state index contributed by atoms with van der Waals surface area (Å²) in [7, 11) is 0. The number of nitrogens with one attached hydrogen (secondary N) is 2.